The average molecular weight is 1080 g/mol. The summed E-state index contributed by atoms with van der Waals surface area (Å²) in [7, 11) is 0. The van der Waals surface area contributed by atoms with Crippen molar-refractivity contribution >= 4 is 112 Å². The van der Waals surface area contributed by atoms with Crippen LogP contribution in [0.4, 0.5) is 0 Å². The summed E-state index contributed by atoms with van der Waals surface area (Å²) < 4.78 is 1.15. The van der Waals surface area contributed by atoms with Gasteiger partial charge in [-0.15, -0.1) is 0 Å². The van der Waals surface area contributed by atoms with E-state index < -0.39 is 0 Å². The summed E-state index contributed by atoms with van der Waals surface area (Å²) in [6.45, 7) is 24.2. The summed E-state index contributed by atoms with van der Waals surface area (Å²) in [6.07, 6.45) is 1.83. The smallest absolute Gasteiger partial charge is 2.00 e. The van der Waals surface area contributed by atoms with Crippen LogP contribution in [0.1, 0.15) is 83.1 Å². The van der Waals surface area contributed by atoms with Crippen molar-refractivity contribution < 1.29 is 121 Å². The van der Waals surface area contributed by atoms with E-state index in [2.05, 4.69) is 55.4 Å². The van der Waals surface area contributed by atoms with Gasteiger partial charge in [0.1, 0.15) is 0 Å². The molecule has 2 N–H and O–H groups in total. The van der Waals surface area contributed by atoms with Gasteiger partial charge in [0.25, 0.3) is 0 Å². The van der Waals surface area contributed by atoms with Gasteiger partial charge in [-0.2, -0.15) is 13.8 Å². The summed E-state index contributed by atoms with van der Waals surface area (Å²) in [5.41, 5.74) is 0. The van der Waals surface area contributed by atoms with Gasteiger partial charge in [-0.25, -0.2) is 0 Å². The summed E-state index contributed by atoms with van der Waals surface area (Å²) >= 11 is 19.6. The molecule has 0 saturated heterocycles. The Morgan fingerprint density at radius 2 is 0.684 bits per heavy atom. The SMILES string of the molecule is CC(C)N(C(=S)[S-])C(C)C.CC(C)N(C(=S)[S-])C(C)C.CC(C)O.C[CH-]C.[Br-].[Br-].[Cu+2].[Cu+2].[Mo].[Mo].[OH-].[S-2].[S-2].[S-2].[S-2]. The van der Waals surface area contributed by atoms with Gasteiger partial charge in [0.2, 0.25) is 0 Å². The van der Waals surface area contributed by atoms with E-state index in [1.165, 1.54) is 0 Å². The number of hydrogen-bond acceptors (Lipinski definition) is 6. The fourth-order valence-electron chi connectivity index (χ4n) is 2.04. The molecular weight excluding hydrogens is 1040 g/mol. The van der Waals surface area contributed by atoms with Crippen LogP contribution in [0, 0.1) is 6.42 Å². The minimum absolute atomic E-state index is 0. The van der Waals surface area contributed by atoms with Gasteiger partial charge in [0.05, 0.1) is 0 Å². The molecule has 0 fully saturated rings. The average Bonchev–Trinajstić information content (AvgIpc) is 2.35. The molecule has 0 heterocycles. The van der Waals surface area contributed by atoms with Crippen LogP contribution in [0.3, 0.4) is 0 Å². The molecule has 0 bridgehead atoms. The van der Waals surface area contributed by atoms with E-state index in [-0.39, 0.29) is 176 Å². The van der Waals surface area contributed by atoms with E-state index in [9.17, 15) is 0 Å². The predicted octanol–water partition coefficient (Wildman–Crippen LogP) is -0.697. The third kappa shape index (κ3) is 78.0. The first-order valence-corrected chi connectivity index (χ1v) is 11.1. The molecule has 0 amide bonds. The number of hydrogen-bond donors (Lipinski definition) is 1. The molecule has 252 valence electrons. The Balaban J connectivity index is -0.0000000139. The third-order valence-corrected chi connectivity index (χ3v) is 3.49. The van der Waals surface area contributed by atoms with Crippen molar-refractivity contribution in [1.29, 1.82) is 0 Å². The molecule has 0 unspecified atom stereocenters. The first-order chi connectivity index (χ1) is 12.1. The zero-order valence-corrected chi connectivity index (χ0v) is 39.3. The first kappa shape index (κ1) is 96.8. The van der Waals surface area contributed by atoms with Crippen molar-refractivity contribution in [2.24, 2.45) is 0 Å². The first-order valence-electron chi connectivity index (χ1n) is 9.48. The second-order valence-corrected chi connectivity index (χ2v) is 9.46. The van der Waals surface area contributed by atoms with E-state index >= 15 is 0 Å². The quantitative estimate of drug-likeness (QED) is 0.172. The number of aliphatic hydroxyl groups is 1. The van der Waals surface area contributed by atoms with Crippen LogP contribution in [0.5, 0.6) is 0 Å². The largest absolute Gasteiger partial charge is 2.00 e. The molecule has 0 aromatic heterocycles. The minimum atomic E-state index is -0.167. The van der Waals surface area contributed by atoms with Crippen molar-refractivity contribution in [1.82, 2.24) is 9.80 Å². The van der Waals surface area contributed by atoms with Gasteiger partial charge in [0.15, 0.2) is 0 Å². The maximum Gasteiger partial charge on any atom is 2.00 e. The number of rotatable bonds is 4. The van der Waals surface area contributed by atoms with E-state index in [0.717, 1.165) is 0 Å². The Hall–Kier alpha value is 4.92. The molecule has 0 aliphatic heterocycles. The molecule has 0 aliphatic carbocycles. The molecule has 38 heavy (non-hydrogen) atoms. The van der Waals surface area contributed by atoms with Crippen LogP contribution >= 0.6 is 24.4 Å². The van der Waals surface area contributed by atoms with Crippen LogP contribution in [0.25, 0.3) is 0 Å². The minimum Gasteiger partial charge on any atom is -2.00 e. The second-order valence-electron chi connectivity index (χ2n) is 7.39. The molecule has 0 aromatic carbocycles. The van der Waals surface area contributed by atoms with Crippen molar-refractivity contribution in [3.05, 3.63) is 6.42 Å². The molecule has 0 saturated carbocycles. The van der Waals surface area contributed by atoms with E-state index in [1.807, 2.05) is 30.1 Å². The Labute approximate surface area is 357 Å². The molecular formula is C20H44Br2Cu2Mo2N2O2S8-10. The maximum absolute atomic E-state index is 8.06. The number of nitrogens with zero attached hydrogens (tertiary/aromatic N) is 2. The predicted molar refractivity (Wildman–Crippen MR) is 169 cm³/mol. The standard InChI is InChI=1S/2C7H15NS2.C3H8O.C3H7.2BrH.2Cu.2Mo.H2O.4S/c2*1-5(2)8(6(3)4)7(9)10;1-3(2)4;1-3-2;;;;;;;;;;;/h2*5-6H,1-4H3,(H,9,10);3-4H,1-2H3;3H,1-2H3;2*1H;;;;;1H2;;;;/q;;;-1;;;2*+2;;;;4*-2/p-5. The monoisotopic (exact) mass is 1080 g/mol. The topological polar surface area (TPSA) is 56.7 Å². The van der Waals surface area contributed by atoms with E-state index in [4.69, 9.17) is 54.8 Å². The van der Waals surface area contributed by atoms with Crippen molar-refractivity contribution in [2.45, 2.75) is 113 Å². The summed E-state index contributed by atoms with van der Waals surface area (Å²) in [4.78, 5) is 4.09. The molecule has 18 heteroatoms. The van der Waals surface area contributed by atoms with E-state index in [0.29, 0.717) is 32.8 Å². The fraction of sp³-hybridized carbons (Fsp3) is 0.850. The number of aliphatic hydroxyl groups excluding tert-OH is 1. The number of halogens is 2. The van der Waals surface area contributed by atoms with Crippen LogP contribution < -0.4 is 34.0 Å². The third-order valence-electron chi connectivity index (χ3n) is 2.65. The van der Waals surface area contributed by atoms with Crippen LogP contribution in [-0.2, 0) is 156 Å². The normalized spacial score (nSPS) is 7.00. The van der Waals surface area contributed by atoms with E-state index in [1.54, 1.807) is 13.8 Å². The van der Waals surface area contributed by atoms with Crippen molar-refractivity contribution in [3.8, 4) is 0 Å². The summed E-state index contributed by atoms with van der Waals surface area (Å²) in [6, 6.07) is 1.69. The maximum atomic E-state index is 8.06. The Morgan fingerprint density at radius 3 is 0.684 bits per heavy atom. The van der Waals surface area contributed by atoms with Crippen molar-refractivity contribution in [2.75, 3.05) is 0 Å². The van der Waals surface area contributed by atoms with Crippen molar-refractivity contribution in [3.63, 3.8) is 0 Å². The van der Waals surface area contributed by atoms with Gasteiger partial charge in [-0.05, 0) is 69.2 Å². The summed E-state index contributed by atoms with van der Waals surface area (Å²) in [5.74, 6) is 0. The zero-order valence-electron chi connectivity index (χ0n) is 23.7. The summed E-state index contributed by atoms with van der Waals surface area (Å²) in [5, 5.41) is 8.06. The number of thiocarbonyl (C=S) groups is 2. The Morgan fingerprint density at radius 1 is 0.605 bits per heavy atom. The van der Waals surface area contributed by atoms with Crippen LogP contribution in [0.15, 0.2) is 0 Å². The molecule has 2 radical (unpaired) electrons. The van der Waals surface area contributed by atoms with Crippen LogP contribution in [0.2, 0.25) is 0 Å². The molecule has 0 aromatic rings. The molecule has 0 atom stereocenters. The van der Waals surface area contributed by atoms with Gasteiger partial charge in [-0.3, -0.25) is 0 Å². The van der Waals surface area contributed by atoms with Gasteiger partial charge >= 0.3 is 34.1 Å². The zero-order chi connectivity index (χ0) is 22.9. The van der Waals surface area contributed by atoms with Crippen LogP contribution in [-0.4, -0.2) is 59.3 Å². The van der Waals surface area contributed by atoms with Gasteiger partial charge in [-0.1, -0.05) is 8.64 Å². The molecule has 0 spiro atoms. The molecule has 0 rings (SSSR count). The van der Waals surface area contributed by atoms with Gasteiger partial charge < -0.3 is 164 Å². The Kier molecular flexibility index (Phi) is 165. The molecule has 4 nitrogen and oxygen atoms in total. The fourth-order valence-corrected chi connectivity index (χ4v) is 3.72. The van der Waals surface area contributed by atoms with Gasteiger partial charge in [0, 0.05) is 72.4 Å². The Bertz CT molecular complexity index is 358. The molecule has 0 aliphatic rings. The second kappa shape index (κ2) is 64.8.